The lowest BCUT2D eigenvalue weighted by Crippen LogP contribution is -2.56. The summed E-state index contributed by atoms with van der Waals surface area (Å²) in [4.78, 5) is 35.1. The third-order valence-corrected chi connectivity index (χ3v) is 4.48. The average molecular weight is 338 g/mol. The molecule has 24 heavy (non-hydrogen) atoms. The van der Waals surface area contributed by atoms with Crippen LogP contribution in [0.15, 0.2) is 0 Å². The zero-order valence-corrected chi connectivity index (χ0v) is 14.1. The molecule has 9 heteroatoms. The van der Waals surface area contributed by atoms with Crippen LogP contribution in [0.1, 0.15) is 43.5 Å². The smallest absolute Gasteiger partial charge is 0.331 e. The molecule has 0 aliphatic heterocycles. The van der Waals surface area contributed by atoms with Crippen LogP contribution in [0.25, 0.3) is 0 Å². The van der Waals surface area contributed by atoms with E-state index in [0.717, 1.165) is 19.3 Å². The van der Waals surface area contributed by atoms with Crippen molar-refractivity contribution in [1.29, 1.82) is 0 Å². The van der Waals surface area contributed by atoms with Crippen LogP contribution in [0.5, 0.6) is 0 Å². The van der Waals surface area contributed by atoms with Crippen LogP contribution in [0.3, 0.4) is 0 Å². The second kappa shape index (κ2) is 6.98. The molecular formula is C15H22N4O5. The van der Waals surface area contributed by atoms with Crippen molar-refractivity contribution in [1.82, 2.24) is 15.1 Å². The minimum Gasteiger partial charge on any atom is -0.467 e. The van der Waals surface area contributed by atoms with E-state index >= 15 is 0 Å². The number of hydrogen-bond acceptors (Lipinski definition) is 6. The molecule has 0 atom stereocenters. The first-order valence-corrected chi connectivity index (χ1v) is 7.88. The molecule has 1 saturated carbocycles. The first kappa shape index (κ1) is 17.9. The highest BCUT2D eigenvalue weighted by Crippen LogP contribution is 2.29. The maximum Gasteiger partial charge on any atom is 0.331 e. The minimum atomic E-state index is -1.01. The largest absolute Gasteiger partial charge is 0.467 e. The number of carbonyl (C=O) groups excluding carboxylic acids is 2. The average Bonchev–Trinajstić information content (AvgIpc) is 2.81. The summed E-state index contributed by atoms with van der Waals surface area (Å²) in [5.41, 5.74) is -0.538. The van der Waals surface area contributed by atoms with Gasteiger partial charge in [0.1, 0.15) is 23.5 Å². The zero-order valence-electron chi connectivity index (χ0n) is 14.1. The number of aryl methyl sites for hydroxylation is 1. The molecule has 9 nitrogen and oxygen atoms in total. The fraction of sp³-hybridized carbons (Fsp3) is 0.667. The SMILES string of the molecule is COC(=O)C1(NC(=O)Cn2nc(C)c([N+](=O)[O-])c2C)CCCCC1. The molecule has 0 radical (unpaired) electrons. The zero-order chi connectivity index (χ0) is 17.9. The summed E-state index contributed by atoms with van der Waals surface area (Å²) in [5.74, 6) is -0.863. The Hall–Kier alpha value is -2.45. The van der Waals surface area contributed by atoms with Gasteiger partial charge in [-0.3, -0.25) is 19.6 Å². The number of amides is 1. The van der Waals surface area contributed by atoms with Crippen LogP contribution in [-0.2, 0) is 20.9 Å². The van der Waals surface area contributed by atoms with E-state index in [9.17, 15) is 19.7 Å². The van der Waals surface area contributed by atoms with Gasteiger partial charge >= 0.3 is 11.7 Å². The van der Waals surface area contributed by atoms with Gasteiger partial charge in [0, 0.05) is 0 Å². The van der Waals surface area contributed by atoms with Gasteiger partial charge in [-0.05, 0) is 26.7 Å². The van der Waals surface area contributed by atoms with Crippen molar-refractivity contribution >= 4 is 17.6 Å². The van der Waals surface area contributed by atoms with Crippen molar-refractivity contribution in [3.8, 4) is 0 Å². The van der Waals surface area contributed by atoms with Gasteiger partial charge in [0.25, 0.3) is 0 Å². The summed E-state index contributed by atoms with van der Waals surface area (Å²) in [6.07, 6.45) is 3.74. The molecule has 2 rings (SSSR count). The van der Waals surface area contributed by atoms with Crippen LogP contribution in [0, 0.1) is 24.0 Å². The fourth-order valence-corrected chi connectivity index (χ4v) is 3.28. The summed E-state index contributed by atoms with van der Waals surface area (Å²) < 4.78 is 6.15. The molecule has 1 N–H and O–H groups in total. The van der Waals surface area contributed by atoms with Gasteiger partial charge in [-0.2, -0.15) is 5.10 Å². The van der Waals surface area contributed by atoms with Crippen molar-refractivity contribution in [3.63, 3.8) is 0 Å². The summed E-state index contributed by atoms with van der Waals surface area (Å²) in [7, 11) is 1.30. The summed E-state index contributed by atoms with van der Waals surface area (Å²) in [6, 6.07) is 0. The van der Waals surface area contributed by atoms with Crippen LogP contribution in [-0.4, -0.2) is 39.2 Å². The Bertz CT molecular complexity index is 661. The molecule has 1 aliphatic rings. The van der Waals surface area contributed by atoms with Gasteiger partial charge in [-0.25, -0.2) is 4.79 Å². The minimum absolute atomic E-state index is 0.0943. The second-order valence-corrected chi connectivity index (χ2v) is 6.12. The maximum absolute atomic E-state index is 12.4. The third-order valence-electron chi connectivity index (χ3n) is 4.48. The number of rotatable bonds is 5. The van der Waals surface area contributed by atoms with E-state index in [-0.39, 0.29) is 17.9 Å². The number of nitrogens with one attached hydrogen (secondary N) is 1. The molecule has 132 valence electrons. The van der Waals surface area contributed by atoms with Crippen LogP contribution < -0.4 is 5.32 Å². The molecule has 1 aromatic rings. The highest BCUT2D eigenvalue weighted by atomic mass is 16.6. The third kappa shape index (κ3) is 3.39. The number of esters is 1. The van der Waals surface area contributed by atoms with Crippen molar-refractivity contribution in [2.24, 2.45) is 0 Å². The van der Waals surface area contributed by atoms with Gasteiger partial charge in [0.15, 0.2) is 0 Å². The number of methoxy groups -OCH3 is 1. The van der Waals surface area contributed by atoms with Crippen molar-refractivity contribution < 1.29 is 19.2 Å². The lowest BCUT2D eigenvalue weighted by Gasteiger charge is -2.35. The lowest BCUT2D eigenvalue weighted by atomic mass is 9.81. The number of nitrogens with zero attached hydrogens (tertiary/aromatic N) is 3. The predicted octanol–water partition coefficient (Wildman–Crippen LogP) is 1.40. The van der Waals surface area contributed by atoms with Crippen LogP contribution in [0.4, 0.5) is 5.69 Å². The second-order valence-electron chi connectivity index (χ2n) is 6.12. The first-order chi connectivity index (χ1) is 11.3. The Morgan fingerprint density at radius 3 is 2.46 bits per heavy atom. The van der Waals surface area contributed by atoms with Gasteiger partial charge < -0.3 is 10.1 Å². The van der Waals surface area contributed by atoms with Crippen molar-refractivity contribution in [2.45, 2.75) is 58.0 Å². The van der Waals surface area contributed by atoms with Gasteiger partial charge in [0.2, 0.25) is 5.91 Å². The van der Waals surface area contributed by atoms with Crippen LogP contribution in [0.2, 0.25) is 0 Å². The summed E-state index contributed by atoms with van der Waals surface area (Å²) in [6.45, 7) is 2.89. The molecule has 0 saturated heterocycles. The molecule has 0 unspecified atom stereocenters. The van der Waals surface area contributed by atoms with Gasteiger partial charge in [0.05, 0.1) is 12.0 Å². The first-order valence-electron chi connectivity index (χ1n) is 7.88. The molecule has 1 heterocycles. The van der Waals surface area contributed by atoms with E-state index in [1.807, 2.05) is 0 Å². The number of hydrogen-bond donors (Lipinski definition) is 1. The Kier molecular flexibility index (Phi) is 5.20. The Balaban J connectivity index is 2.16. The molecule has 1 aromatic heterocycles. The Labute approximate surface area is 139 Å². The number of carbonyl (C=O) groups is 2. The molecule has 0 bridgehead atoms. The van der Waals surface area contributed by atoms with Crippen molar-refractivity contribution in [3.05, 3.63) is 21.5 Å². The lowest BCUT2D eigenvalue weighted by molar-refractivity contribution is -0.386. The number of nitro groups is 1. The number of aromatic nitrogens is 2. The monoisotopic (exact) mass is 338 g/mol. The topological polar surface area (TPSA) is 116 Å². The van der Waals surface area contributed by atoms with Crippen molar-refractivity contribution in [2.75, 3.05) is 7.11 Å². The molecular weight excluding hydrogens is 316 g/mol. The van der Waals surface area contributed by atoms with E-state index in [1.54, 1.807) is 6.92 Å². The Morgan fingerprint density at radius 1 is 1.33 bits per heavy atom. The summed E-state index contributed by atoms with van der Waals surface area (Å²) in [5, 5.41) is 17.9. The van der Waals surface area contributed by atoms with E-state index < -0.39 is 22.3 Å². The molecule has 1 fully saturated rings. The molecule has 0 aromatic carbocycles. The molecule has 1 amide bonds. The summed E-state index contributed by atoms with van der Waals surface area (Å²) >= 11 is 0. The quantitative estimate of drug-likeness (QED) is 0.493. The van der Waals surface area contributed by atoms with Gasteiger partial charge in [-0.15, -0.1) is 0 Å². The Morgan fingerprint density at radius 2 is 1.96 bits per heavy atom. The van der Waals surface area contributed by atoms with E-state index in [2.05, 4.69) is 10.4 Å². The fourth-order valence-electron chi connectivity index (χ4n) is 3.28. The van der Waals surface area contributed by atoms with E-state index in [1.165, 1.54) is 18.7 Å². The molecule has 0 spiro atoms. The van der Waals surface area contributed by atoms with Crippen LogP contribution >= 0.6 is 0 Å². The highest BCUT2D eigenvalue weighted by molar-refractivity contribution is 5.88. The predicted molar refractivity (Wildman–Crippen MR) is 84.3 cm³/mol. The van der Waals surface area contributed by atoms with Gasteiger partial charge in [-0.1, -0.05) is 19.3 Å². The maximum atomic E-state index is 12.4. The number of ether oxygens (including phenoxy) is 1. The normalized spacial score (nSPS) is 16.5. The standard InChI is InChI=1S/C15H22N4O5/c1-10-13(19(22)23)11(2)18(17-10)9-12(20)16-15(14(21)24-3)7-5-4-6-8-15/h4-9H2,1-3H3,(H,16,20). The van der Waals surface area contributed by atoms with E-state index in [4.69, 9.17) is 4.74 Å². The molecule has 1 aliphatic carbocycles. The highest BCUT2D eigenvalue weighted by Gasteiger charge is 2.42. The van der Waals surface area contributed by atoms with E-state index in [0.29, 0.717) is 18.5 Å².